The van der Waals surface area contributed by atoms with Crippen LogP contribution in [0.25, 0.3) is 0 Å². The van der Waals surface area contributed by atoms with Crippen LogP contribution in [0.2, 0.25) is 0 Å². The normalized spacial score (nSPS) is 27.2. The van der Waals surface area contributed by atoms with Gasteiger partial charge in [0, 0.05) is 18.4 Å². The molecule has 1 amide bonds. The van der Waals surface area contributed by atoms with Gasteiger partial charge < -0.3 is 16.4 Å². The average molecular weight is 394 g/mol. The Morgan fingerprint density at radius 1 is 1.21 bits per heavy atom. The fourth-order valence-electron chi connectivity index (χ4n) is 4.59. The number of fused-ring (bicyclic) bond motifs is 1. The maximum Gasteiger partial charge on any atom is 0.241 e. The Labute approximate surface area is 170 Å². The van der Waals surface area contributed by atoms with E-state index in [1.54, 1.807) is 24.5 Å². The van der Waals surface area contributed by atoms with Crippen LogP contribution in [0.3, 0.4) is 0 Å². The molecule has 152 valence electrons. The lowest BCUT2D eigenvalue weighted by Crippen LogP contribution is -2.39. The molecular weight excluding hydrogens is 367 g/mol. The van der Waals surface area contributed by atoms with E-state index in [9.17, 15) is 9.18 Å². The van der Waals surface area contributed by atoms with E-state index in [4.69, 9.17) is 5.73 Å². The largest absolute Gasteiger partial charge is 0.322 e. The molecule has 5 rings (SSSR count). The summed E-state index contributed by atoms with van der Waals surface area (Å²) in [5.41, 5.74) is 8.15. The third-order valence-electron chi connectivity index (χ3n) is 6.77. The topological polar surface area (TPSA) is 80.0 Å². The Balaban J connectivity index is 1.41. The fourth-order valence-corrected chi connectivity index (χ4v) is 4.59. The highest BCUT2D eigenvalue weighted by Gasteiger charge is 2.47. The Kier molecular flexibility index (Phi) is 4.63. The van der Waals surface area contributed by atoms with Crippen LogP contribution in [0.1, 0.15) is 49.7 Å². The summed E-state index contributed by atoms with van der Waals surface area (Å²) in [6.45, 7) is 0. The van der Waals surface area contributed by atoms with E-state index in [0.717, 1.165) is 42.7 Å². The molecule has 4 atom stereocenters. The first-order valence-electron chi connectivity index (χ1n) is 10.6. The number of nitrogens with one attached hydrogen (secondary N) is 2. The smallest absolute Gasteiger partial charge is 0.241 e. The molecule has 2 unspecified atom stereocenters. The van der Waals surface area contributed by atoms with Crippen molar-refractivity contribution in [1.82, 2.24) is 10.3 Å². The van der Waals surface area contributed by atoms with E-state index in [0.29, 0.717) is 12.0 Å². The van der Waals surface area contributed by atoms with Gasteiger partial charge in [-0.2, -0.15) is 0 Å². The second-order valence-corrected chi connectivity index (χ2v) is 8.93. The molecule has 2 aromatic rings. The predicted molar refractivity (Wildman–Crippen MR) is 110 cm³/mol. The number of halogens is 1. The second kappa shape index (κ2) is 7.18. The first-order valence-corrected chi connectivity index (χ1v) is 10.6. The zero-order valence-corrected chi connectivity index (χ0v) is 16.4. The van der Waals surface area contributed by atoms with Crippen molar-refractivity contribution in [3.63, 3.8) is 0 Å². The molecule has 2 aliphatic carbocycles. The molecular formula is C23H27FN4O. The molecule has 0 spiro atoms. The van der Waals surface area contributed by atoms with Gasteiger partial charge in [0.1, 0.15) is 5.82 Å². The van der Waals surface area contributed by atoms with E-state index >= 15 is 0 Å². The highest BCUT2D eigenvalue weighted by molar-refractivity contribution is 5.95. The second-order valence-electron chi connectivity index (χ2n) is 8.93. The lowest BCUT2D eigenvalue weighted by Gasteiger charge is -2.31. The lowest BCUT2D eigenvalue weighted by atomic mass is 9.79. The van der Waals surface area contributed by atoms with Gasteiger partial charge in [0.2, 0.25) is 5.91 Å². The summed E-state index contributed by atoms with van der Waals surface area (Å²) in [6, 6.07) is 8.92. The molecule has 2 saturated carbocycles. The Hall–Kier alpha value is -2.31. The zero-order chi connectivity index (χ0) is 20.0. The molecule has 0 bridgehead atoms. The number of rotatable bonds is 7. The molecule has 6 heteroatoms. The molecule has 1 aromatic heterocycles. The van der Waals surface area contributed by atoms with Gasteiger partial charge in [0.25, 0.3) is 0 Å². The highest BCUT2D eigenvalue weighted by atomic mass is 19.1. The van der Waals surface area contributed by atoms with Crippen LogP contribution >= 0.6 is 0 Å². The first kappa shape index (κ1) is 18.7. The van der Waals surface area contributed by atoms with Crippen molar-refractivity contribution in [2.24, 2.45) is 17.6 Å². The third kappa shape index (κ3) is 3.79. The molecule has 3 aliphatic rings. The molecule has 1 saturated heterocycles. The number of hydrogen-bond donors (Lipinski definition) is 3. The fraction of sp³-hybridized carbons (Fsp3) is 0.478. The number of carbonyl (C=O) groups is 1. The van der Waals surface area contributed by atoms with E-state index in [-0.39, 0.29) is 17.6 Å². The zero-order valence-electron chi connectivity index (χ0n) is 16.4. The van der Waals surface area contributed by atoms with Gasteiger partial charge in [0.05, 0.1) is 17.3 Å². The van der Waals surface area contributed by atoms with Crippen LogP contribution in [-0.2, 0) is 10.3 Å². The van der Waals surface area contributed by atoms with Crippen molar-refractivity contribution in [2.45, 2.75) is 56.1 Å². The van der Waals surface area contributed by atoms with Crippen molar-refractivity contribution < 1.29 is 9.18 Å². The van der Waals surface area contributed by atoms with Gasteiger partial charge in [-0.05, 0) is 72.9 Å². The van der Waals surface area contributed by atoms with Crippen LogP contribution in [-0.4, -0.2) is 23.0 Å². The maximum absolute atomic E-state index is 14.5. The summed E-state index contributed by atoms with van der Waals surface area (Å²) < 4.78 is 14.5. The van der Waals surface area contributed by atoms with E-state index in [1.807, 2.05) is 12.1 Å². The summed E-state index contributed by atoms with van der Waals surface area (Å²) in [5, 5.41) is 6.10. The number of hydrogen-bond acceptors (Lipinski definition) is 4. The number of aromatic nitrogens is 1. The summed E-state index contributed by atoms with van der Waals surface area (Å²) in [5.74, 6) is 0.731. The van der Waals surface area contributed by atoms with Gasteiger partial charge in [-0.25, -0.2) is 4.39 Å². The summed E-state index contributed by atoms with van der Waals surface area (Å²) in [6.07, 6.45) is 9.77. The number of nitrogens with zero attached hydrogens (tertiary/aromatic N) is 1. The predicted octanol–water partition coefficient (Wildman–Crippen LogP) is 3.30. The van der Waals surface area contributed by atoms with Crippen LogP contribution in [0.15, 0.2) is 42.7 Å². The van der Waals surface area contributed by atoms with Gasteiger partial charge >= 0.3 is 0 Å². The summed E-state index contributed by atoms with van der Waals surface area (Å²) in [7, 11) is 0. The quantitative estimate of drug-likeness (QED) is 0.673. The molecule has 3 fully saturated rings. The summed E-state index contributed by atoms with van der Waals surface area (Å²) in [4.78, 5) is 16.7. The van der Waals surface area contributed by atoms with E-state index < -0.39 is 11.4 Å². The van der Waals surface area contributed by atoms with Gasteiger partial charge in [-0.3, -0.25) is 9.78 Å². The Bertz CT molecular complexity index is 906. The van der Waals surface area contributed by atoms with Crippen LogP contribution in [0, 0.1) is 17.7 Å². The van der Waals surface area contributed by atoms with E-state index in [2.05, 4.69) is 15.6 Å². The minimum atomic E-state index is -0.744. The van der Waals surface area contributed by atoms with E-state index in [1.165, 1.54) is 18.9 Å². The third-order valence-corrected chi connectivity index (χ3v) is 6.77. The molecule has 2 heterocycles. The highest BCUT2D eigenvalue weighted by Crippen LogP contribution is 2.42. The van der Waals surface area contributed by atoms with Crippen LogP contribution in [0.4, 0.5) is 10.1 Å². The number of benzene rings is 1. The van der Waals surface area contributed by atoms with Crippen molar-refractivity contribution in [2.75, 3.05) is 5.32 Å². The van der Waals surface area contributed by atoms with Crippen molar-refractivity contribution in [1.29, 1.82) is 0 Å². The number of carbonyl (C=O) groups excluding carboxylic acids is 1. The minimum Gasteiger partial charge on any atom is -0.322 e. The molecule has 29 heavy (non-hydrogen) atoms. The first-order chi connectivity index (χ1) is 14.0. The lowest BCUT2D eigenvalue weighted by molar-refractivity contribution is -0.118. The van der Waals surface area contributed by atoms with Crippen LogP contribution in [0.5, 0.6) is 0 Å². The van der Waals surface area contributed by atoms with Crippen LogP contribution < -0.4 is 16.4 Å². The molecule has 1 aromatic carbocycles. The monoisotopic (exact) mass is 394 g/mol. The molecule has 4 N–H and O–H groups in total. The molecule has 0 radical (unpaired) electrons. The standard InChI is InChI=1S/C23H27FN4O/c24-18-4-3-17(13-20(18)28-22(29)21-12-15-11-19(15)27-21)23(25,8-5-14-1-2-14)16-6-9-26-10-7-16/h3-4,6-7,9-10,13-15,19,21,27H,1-2,5,8,11-12,25H2,(H,28,29)/t15-,19?,21-,23?/m1/s1. The SMILES string of the molecule is NC(CCC1CC1)(c1ccncc1)c1ccc(F)c(NC(=O)[C@H]2C[C@H]3CC3N2)c1. The minimum absolute atomic E-state index is 0.169. The molecule has 1 aliphatic heterocycles. The average Bonchev–Trinajstić information content (AvgIpc) is 3.67. The Morgan fingerprint density at radius 3 is 2.69 bits per heavy atom. The summed E-state index contributed by atoms with van der Waals surface area (Å²) >= 11 is 0. The van der Waals surface area contributed by atoms with Crippen molar-refractivity contribution >= 4 is 11.6 Å². The number of nitrogens with two attached hydrogens (primary N) is 1. The number of amides is 1. The van der Waals surface area contributed by atoms with Gasteiger partial charge in [0.15, 0.2) is 0 Å². The number of pyridine rings is 1. The molecule has 5 nitrogen and oxygen atoms in total. The number of anilines is 1. The van der Waals surface area contributed by atoms with Gasteiger partial charge in [-0.1, -0.05) is 18.9 Å². The van der Waals surface area contributed by atoms with Gasteiger partial charge in [-0.15, -0.1) is 0 Å². The van der Waals surface area contributed by atoms with Crippen molar-refractivity contribution in [3.8, 4) is 0 Å². The Morgan fingerprint density at radius 2 is 2.00 bits per heavy atom. The maximum atomic E-state index is 14.5. The number of piperidine rings is 1. The van der Waals surface area contributed by atoms with Crippen molar-refractivity contribution in [3.05, 3.63) is 59.7 Å².